The molecular weight excluding hydrogens is 516 g/mol. The van der Waals surface area contributed by atoms with E-state index in [1.165, 1.54) is 5.56 Å². The van der Waals surface area contributed by atoms with Gasteiger partial charge in [-0.05, 0) is 53.5 Å². The monoisotopic (exact) mass is 552 g/mol. The minimum absolute atomic E-state index is 0.00607. The van der Waals surface area contributed by atoms with Crippen LogP contribution in [0.2, 0.25) is 0 Å². The van der Waals surface area contributed by atoms with E-state index in [1.807, 2.05) is 95.9 Å². The number of thiophene rings is 1. The van der Waals surface area contributed by atoms with Crippen LogP contribution in [0.3, 0.4) is 0 Å². The summed E-state index contributed by atoms with van der Waals surface area (Å²) in [5, 5.41) is 2.06. The molecule has 206 valence electrons. The highest BCUT2D eigenvalue weighted by atomic mass is 32.1. The van der Waals surface area contributed by atoms with E-state index >= 15 is 0 Å². The molecule has 0 spiro atoms. The molecule has 0 saturated carbocycles. The third kappa shape index (κ3) is 7.06. The van der Waals surface area contributed by atoms with Crippen LogP contribution in [0.25, 0.3) is 0 Å². The quantitative estimate of drug-likeness (QED) is 0.216. The van der Waals surface area contributed by atoms with Crippen molar-refractivity contribution in [2.24, 2.45) is 0 Å². The van der Waals surface area contributed by atoms with Crippen LogP contribution in [0.1, 0.15) is 45.9 Å². The summed E-state index contributed by atoms with van der Waals surface area (Å²) in [5.74, 6) is -0.644. The molecule has 1 saturated heterocycles. The maximum atomic E-state index is 14.4. The Kier molecular flexibility index (Phi) is 9.42. The molecule has 40 heavy (non-hydrogen) atoms. The standard InChI is InChI=1S/C34H36N2O3S/c1-26-19-21-40-31(26)24-35(22-27-12-5-2-6-13-27)32(37)25-36(23-30-18-11-20-39-30)34(38)33(28-14-7-3-8-15-28)29-16-9-4-10-17-29/h2-10,12-17,19,21,30,33H,11,18,20,22-25H2,1H3. The van der Waals surface area contributed by atoms with Gasteiger partial charge in [0, 0.05) is 24.6 Å². The lowest BCUT2D eigenvalue weighted by Gasteiger charge is -2.32. The minimum Gasteiger partial charge on any atom is -0.376 e. The lowest BCUT2D eigenvalue weighted by Crippen LogP contribution is -2.47. The largest absolute Gasteiger partial charge is 0.376 e. The van der Waals surface area contributed by atoms with Crippen molar-refractivity contribution >= 4 is 23.2 Å². The first-order valence-electron chi connectivity index (χ1n) is 13.9. The number of rotatable bonds is 11. The molecule has 0 radical (unpaired) electrons. The molecule has 3 aromatic carbocycles. The Morgan fingerprint density at radius 1 is 0.850 bits per heavy atom. The molecule has 2 heterocycles. The van der Waals surface area contributed by atoms with Gasteiger partial charge in [-0.15, -0.1) is 11.3 Å². The Bertz CT molecular complexity index is 1330. The topological polar surface area (TPSA) is 49.9 Å². The van der Waals surface area contributed by atoms with E-state index in [-0.39, 0.29) is 24.5 Å². The van der Waals surface area contributed by atoms with Gasteiger partial charge in [-0.1, -0.05) is 91.0 Å². The normalized spacial score (nSPS) is 14.8. The number of carbonyl (C=O) groups is 2. The Hall–Kier alpha value is -3.74. The van der Waals surface area contributed by atoms with Gasteiger partial charge in [-0.3, -0.25) is 9.59 Å². The summed E-state index contributed by atoms with van der Waals surface area (Å²) >= 11 is 1.66. The first-order valence-corrected chi connectivity index (χ1v) is 14.8. The van der Waals surface area contributed by atoms with Gasteiger partial charge in [0.25, 0.3) is 0 Å². The third-order valence-electron chi connectivity index (χ3n) is 7.47. The number of carbonyl (C=O) groups excluding carboxylic acids is 2. The molecule has 0 bridgehead atoms. The van der Waals surface area contributed by atoms with E-state index < -0.39 is 5.92 Å². The van der Waals surface area contributed by atoms with Crippen molar-refractivity contribution < 1.29 is 14.3 Å². The molecule has 1 atom stereocenters. The minimum atomic E-state index is -0.501. The van der Waals surface area contributed by atoms with E-state index in [9.17, 15) is 9.59 Å². The highest BCUT2D eigenvalue weighted by Crippen LogP contribution is 2.28. The van der Waals surface area contributed by atoms with Crippen molar-refractivity contribution in [1.82, 2.24) is 9.80 Å². The molecule has 2 amide bonds. The van der Waals surface area contributed by atoms with Crippen LogP contribution in [0.5, 0.6) is 0 Å². The molecule has 5 rings (SSSR count). The summed E-state index contributed by atoms with van der Waals surface area (Å²) in [7, 11) is 0. The second kappa shape index (κ2) is 13.6. The fourth-order valence-electron chi connectivity index (χ4n) is 5.26. The van der Waals surface area contributed by atoms with Crippen molar-refractivity contribution in [2.75, 3.05) is 19.7 Å². The zero-order valence-electron chi connectivity index (χ0n) is 22.9. The molecule has 4 aromatic rings. The number of aryl methyl sites for hydroxylation is 1. The summed E-state index contributed by atoms with van der Waals surface area (Å²) < 4.78 is 5.95. The average Bonchev–Trinajstić information content (AvgIpc) is 3.65. The summed E-state index contributed by atoms with van der Waals surface area (Å²) in [6.07, 6.45) is 1.80. The van der Waals surface area contributed by atoms with E-state index in [2.05, 4.69) is 18.4 Å². The zero-order valence-corrected chi connectivity index (χ0v) is 23.8. The number of hydrogen-bond donors (Lipinski definition) is 0. The van der Waals surface area contributed by atoms with Gasteiger partial charge in [0.1, 0.15) is 0 Å². The van der Waals surface area contributed by atoms with Crippen molar-refractivity contribution in [1.29, 1.82) is 0 Å². The van der Waals surface area contributed by atoms with Crippen molar-refractivity contribution in [3.05, 3.63) is 130 Å². The van der Waals surface area contributed by atoms with Crippen molar-refractivity contribution in [3.8, 4) is 0 Å². The summed E-state index contributed by atoms with van der Waals surface area (Å²) in [6, 6.07) is 31.8. The van der Waals surface area contributed by atoms with Crippen molar-refractivity contribution in [3.63, 3.8) is 0 Å². The number of hydrogen-bond acceptors (Lipinski definition) is 4. The first kappa shape index (κ1) is 27.8. The van der Waals surface area contributed by atoms with Gasteiger partial charge in [-0.25, -0.2) is 0 Å². The van der Waals surface area contributed by atoms with Crippen LogP contribution < -0.4 is 0 Å². The maximum absolute atomic E-state index is 14.4. The van der Waals surface area contributed by atoms with E-state index in [4.69, 9.17) is 4.74 Å². The molecule has 1 aliphatic heterocycles. The van der Waals surface area contributed by atoms with Crippen LogP contribution in [-0.2, 0) is 27.4 Å². The van der Waals surface area contributed by atoms with Crippen LogP contribution in [0.15, 0.2) is 102 Å². The predicted molar refractivity (Wildman–Crippen MR) is 160 cm³/mol. The van der Waals surface area contributed by atoms with E-state index in [0.717, 1.165) is 34.4 Å². The number of nitrogens with zero attached hydrogens (tertiary/aromatic N) is 2. The van der Waals surface area contributed by atoms with Gasteiger partial charge in [0.2, 0.25) is 11.8 Å². The second-order valence-electron chi connectivity index (χ2n) is 10.4. The Morgan fingerprint density at radius 2 is 1.48 bits per heavy atom. The lowest BCUT2D eigenvalue weighted by molar-refractivity contribution is -0.142. The highest BCUT2D eigenvalue weighted by molar-refractivity contribution is 7.10. The third-order valence-corrected chi connectivity index (χ3v) is 8.48. The average molecular weight is 553 g/mol. The molecule has 6 heteroatoms. The molecule has 0 N–H and O–H groups in total. The Morgan fingerprint density at radius 3 is 2.02 bits per heavy atom. The Labute approximate surface area is 241 Å². The van der Waals surface area contributed by atoms with E-state index in [0.29, 0.717) is 26.2 Å². The molecule has 5 nitrogen and oxygen atoms in total. The molecule has 1 unspecified atom stereocenters. The van der Waals surface area contributed by atoms with E-state index in [1.54, 1.807) is 16.2 Å². The highest BCUT2D eigenvalue weighted by Gasteiger charge is 2.32. The van der Waals surface area contributed by atoms with Crippen LogP contribution in [0, 0.1) is 6.92 Å². The van der Waals surface area contributed by atoms with Gasteiger partial charge in [0.05, 0.1) is 25.1 Å². The fourth-order valence-corrected chi connectivity index (χ4v) is 6.18. The maximum Gasteiger partial charge on any atom is 0.242 e. The second-order valence-corrected chi connectivity index (χ2v) is 11.4. The molecule has 1 fully saturated rings. The molecule has 0 aliphatic carbocycles. The molecular formula is C34H36N2O3S. The fraction of sp³-hybridized carbons (Fsp3) is 0.294. The Balaban J connectivity index is 1.45. The SMILES string of the molecule is Cc1ccsc1CN(Cc1ccccc1)C(=O)CN(CC1CCCO1)C(=O)C(c1ccccc1)c1ccccc1. The molecule has 1 aliphatic rings. The smallest absolute Gasteiger partial charge is 0.242 e. The van der Waals surface area contributed by atoms with Gasteiger partial charge in [0.15, 0.2) is 0 Å². The van der Waals surface area contributed by atoms with Gasteiger partial charge in [-0.2, -0.15) is 0 Å². The summed E-state index contributed by atoms with van der Waals surface area (Å²) in [6.45, 7) is 4.18. The number of amides is 2. The van der Waals surface area contributed by atoms with Gasteiger partial charge < -0.3 is 14.5 Å². The lowest BCUT2D eigenvalue weighted by atomic mass is 9.90. The summed E-state index contributed by atoms with van der Waals surface area (Å²) in [5.41, 5.74) is 4.07. The number of benzene rings is 3. The predicted octanol–water partition coefficient (Wildman–Crippen LogP) is 6.43. The number of ether oxygens (including phenoxy) is 1. The van der Waals surface area contributed by atoms with Gasteiger partial charge >= 0.3 is 0 Å². The molecule has 1 aromatic heterocycles. The zero-order chi connectivity index (χ0) is 27.7. The van der Waals surface area contributed by atoms with Crippen LogP contribution >= 0.6 is 11.3 Å². The van der Waals surface area contributed by atoms with Crippen molar-refractivity contribution in [2.45, 2.75) is 44.9 Å². The first-order chi connectivity index (χ1) is 19.6. The van der Waals surface area contributed by atoms with Crippen LogP contribution in [0.4, 0.5) is 0 Å². The summed E-state index contributed by atoms with van der Waals surface area (Å²) in [4.78, 5) is 33.3. The van der Waals surface area contributed by atoms with Crippen LogP contribution in [-0.4, -0.2) is 47.4 Å².